The number of nitrogens with two attached hydrogens (primary N) is 1. The molecule has 0 aromatic carbocycles. The van der Waals surface area contributed by atoms with Gasteiger partial charge in [0.2, 0.25) is 0 Å². The van der Waals surface area contributed by atoms with Gasteiger partial charge < -0.3 is 15.0 Å². The van der Waals surface area contributed by atoms with E-state index >= 15 is 0 Å². The van der Waals surface area contributed by atoms with Crippen LogP contribution >= 0.6 is 0 Å². The number of ether oxygens (including phenoxy) is 1. The van der Waals surface area contributed by atoms with E-state index in [0.29, 0.717) is 5.92 Å². The minimum atomic E-state index is 0.185. The summed E-state index contributed by atoms with van der Waals surface area (Å²) in [6.45, 7) is 2.55. The summed E-state index contributed by atoms with van der Waals surface area (Å²) < 4.78 is 7.44. The molecule has 0 amide bonds. The average Bonchev–Trinajstić information content (AvgIpc) is 2.72. The fraction of sp³-hybridized carbons (Fsp3) is 0.700. The molecule has 14 heavy (non-hydrogen) atoms. The lowest BCUT2D eigenvalue weighted by Crippen LogP contribution is -2.38. The minimum absolute atomic E-state index is 0.185. The van der Waals surface area contributed by atoms with Crippen molar-refractivity contribution in [3.05, 3.63) is 18.7 Å². The first kappa shape index (κ1) is 9.68. The van der Waals surface area contributed by atoms with Crippen LogP contribution in [-0.2, 0) is 11.3 Å². The summed E-state index contributed by atoms with van der Waals surface area (Å²) in [5.74, 6) is 0.506. The van der Waals surface area contributed by atoms with E-state index in [0.717, 1.165) is 26.2 Å². The number of rotatable bonds is 3. The van der Waals surface area contributed by atoms with Crippen molar-refractivity contribution in [2.24, 2.45) is 11.7 Å². The fourth-order valence-corrected chi connectivity index (χ4v) is 1.89. The van der Waals surface area contributed by atoms with Crippen molar-refractivity contribution in [2.45, 2.75) is 25.4 Å². The second-order valence-electron chi connectivity index (χ2n) is 3.90. The molecule has 2 rings (SSSR count). The molecule has 2 N–H and O–H groups in total. The van der Waals surface area contributed by atoms with Crippen LogP contribution in [0, 0.1) is 5.92 Å². The van der Waals surface area contributed by atoms with Crippen molar-refractivity contribution < 1.29 is 4.74 Å². The van der Waals surface area contributed by atoms with Crippen molar-refractivity contribution in [1.29, 1.82) is 0 Å². The van der Waals surface area contributed by atoms with Gasteiger partial charge in [-0.3, -0.25) is 0 Å². The lowest BCUT2D eigenvalue weighted by Gasteiger charge is -2.27. The largest absolute Gasteiger partial charge is 0.381 e. The molecule has 2 heterocycles. The van der Waals surface area contributed by atoms with Gasteiger partial charge in [0, 0.05) is 31.6 Å². The third kappa shape index (κ3) is 2.33. The smallest absolute Gasteiger partial charge is 0.0946 e. The molecule has 1 aliphatic heterocycles. The van der Waals surface area contributed by atoms with Crippen LogP contribution in [0.2, 0.25) is 0 Å². The molecule has 1 aliphatic rings. The van der Waals surface area contributed by atoms with E-state index in [2.05, 4.69) is 4.98 Å². The fourth-order valence-electron chi connectivity index (χ4n) is 1.89. The predicted molar refractivity (Wildman–Crippen MR) is 53.7 cm³/mol. The zero-order chi connectivity index (χ0) is 9.80. The Bertz CT molecular complexity index is 254. The summed E-state index contributed by atoms with van der Waals surface area (Å²) >= 11 is 0. The topological polar surface area (TPSA) is 53.1 Å². The van der Waals surface area contributed by atoms with E-state index in [1.807, 2.05) is 17.1 Å². The van der Waals surface area contributed by atoms with E-state index < -0.39 is 0 Å². The molecule has 0 spiro atoms. The maximum absolute atomic E-state index is 6.11. The molecule has 2 atom stereocenters. The molecule has 2 unspecified atom stereocenters. The third-order valence-electron chi connectivity index (χ3n) is 2.78. The maximum atomic E-state index is 6.11. The van der Waals surface area contributed by atoms with E-state index in [-0.39, 0.29) is 6.04 Å². The highest BCUT2D eigenvalue weighted by Gasteiger charge is 2.20. The minimum Gasteiger partial charge on any atom is -0.381 e. The standard InChI is InChI=1S/C10H17N3O/c11-10(6-13-4-3-12-8-13)9-2-1-5-14-7-9/h3-4,8-10H,1-2,5-7,11H2. The Balaban J connectivity index is 1.85. The second kappa shape index (κ2) is 4.57. The van der Waals surface area contributed by atoms with Crippen LogP contribution in [-0.4, -0.2) is 28.8 Å². The van der Waals surface area contributed by atoms with Crippen LogP contribution in [0.15, 0.2) is 18.7 Å². The van der Waals surface area contributed by atoms with Crippen LogP contribution < -0.4 is 5.73 Å². The van der Waals surface area contributed by atoms with Gasteiger partial charge in [0.05, 0.1) is 12.9 Å². The van der Waals surface area contributed by atoms with Gasteiger partial charge in [0.25, 0.3) is 0 Å². The third-order valence-corrected chi connectivity index (χ3v) is 2.78. The number of hydrogen-bond donors (Lipinski definition) is 1. The quantitative estimate of drug-likeness (QED) is 0.770. The molecule has 1 saturated heterocycles. The van der Waals surface area contributed by atoms with Crippen LogP contribution in [0.5, 0.6) is 0 Å². The molecule has 0 bridgehead atoms. The molecular formula is C10H17N3O. The first-order valence-electron chi connectivity index (χ1n) is 5.15. The summed E-state index contributed by atoms with van der Waals surface area (Å²) in [5.41, 5.74) is 6.11. The van der Waals surface area contributed by atoms with Gasteiger partial charge in [0.1, 0.15) is 0 Å². The van der Waals surface area contributed by atoms with E-state index in [9.17, 15) is 0 Å². The Hall–Kier alpha value is -0.870. The monoisotopic (exact) mass is 195 g/mol. The van der Waals surface area contributed by atoms with Crippen LogP contribution in [0.25, 0.3) is 0 Å². The van der Waals surface area contributed by atoms with Crippen LogP contribution in [0.1, 0.15) is 12.8 Å². The molecule has 1 aromatic heterocycles. The van der Waals surface area contributed by atoms with Gasteiger partial charge in [0.15, 0.2) is 0 Å². The number of hydrogen-bond acceptors (Lipinski definition) is 3. The Labute approximate surface area is 84.1 Å². The van der Waals surface area contributed by atoms with Crippen molar-refractivity contribution >= 4 is 0 Å². The number of imidazole rings is 1. The Morgan fingerprint density at radius 2 is 2.57 bits per heavy atom. The summed E-state index contributed by atoms with van der Waals surface area (Å²) in [6.07, 6.45) is 7.87. The van der Waals surface area contributed by atoms with E-state index in [1.54, 1.807) is 6.20 Å². The SMILES string of the molecule is NC(Cn1ccnc1)C1CCCOC1. The lowest BCUT2D eigenvalue weighted by atomic mass is 9.94. The normalized spacial score (nSPS) is 24.8. The molecule has 78 valence electrons. The number of aromatic nitrogens is 2. The van der Waals surface area contributed by atoms with Crippen molar-refractivity contribution in [2.75, 3.05) is 13.2 Å². The Morgan fingerprint density at radius 1 is 1.64 bits per heavy atom. The molecule has 1 aromatic rings. The van der Waals surface area contributed by atoms with Crippen molar-refractivity contribution in [1.82, 2.24) is 9.55 Å². The van der Waals surface area contributed by atoms with Crippen molar-refractivity contribution in [3.8, 4) is 0 Å². The van der Waals surface area contributed by atoms with Gasteiger partial charge in [-0.05, 0) is 18.8 Å². The highest BCUT2D eigenvalue weighted by Crippen LogP contribution is 2.17. The number of nitrogens with zero attached hydrogens (tertiary/aromatic N) is 2. The Kier molecular flexibility index (Phi) is 3.16. The molecule has 4 heteroatoms. The summed E-state index contributed by atoms with van der Waals surface area (Å²) in [5, 5.41) is 0. The van der Waals surface area contributed by atoms with Gasteiger partial charge >= 0.3 is 0 Å². The highest BCUT2D eigenvalue weighted by atomic mass is 16.5. The molecular weight excluding hydrogens is 178 g/mol. The lowest BCUT2D eigenvalue weighted by molar-refractivity contribution is 0.0427. The van der Waals surface area contributed by atoms with Gasteiger partial charge in [-0.25, -0.2) is 4.98 Å². The van der Waals surface area contributed by atoms with E-state index in [4.69, 9.17) is 10.5 Å². The average molecular weight is 195 g/mol. The molecule has 4 nitrogen and oxygen atoms in total. The maximum Gasteiger partial charge on any atom is 0.0946 e. The molecule has 0 radical (unpaired) electrons. The van der Waals surface area contributed by atoms with Crippen LogP contribution in [0.4, 0.5) is 0 Å². The van der Waals surface area contributed by atoms with Gasteiger partial charge in [-0.2, -0.15) is 0 Å². The zero-order valence-electron chi connectivity index (χ0n) is 8.30. The summed E-state index contributed by atoms with van der Waals surface area (Å²) in [7, 11) is 0. The van der Waals surface area contributed by atoms with E-state index in [1.165, 1.54) is 6.42 Å². The second-order valence-corrected chi connectivity index (χ2v) is 3.90. The van der Waals surface area contributed by atoms with Crippen molar-refractivity contribution in [3.63, 3.8) is 0 Å². The predicted octanol–water partition coefficient (Wildman–Crippen LogP) is 0.637. The summed E-state index contributed by atoms with van der Waals surface area (Å²) in [4.78, 5) is 4.00. The van der Waals surface area contributed by atoms with Gasteiger partial charge in [-0.1, -0.05) is 0 Å². The first-order valence-corrected chi connectivity index (χ1v) is 5.15. The first-order chi connectivity index (χ1) is 6.86. The molecule has 1 fully saturated rings. The molecule has 0 saturated carbocycles. The van der Waals surface area contributed by atoms with Crippen LogP contribution in [0.3, 0.4) is 0 Å². The zero-order valence-corrected chi connectivity index (χ0v) is 8.30. The van der Waals surface area contributed by atoms with Gasteiger partial charge in [-0.15, -0.1) is 0 Å². The Morgan fingerprint density at radius 3 is 3.21 bits per heavy atom. The molecule has 0 aliphatic carbocycles. The highest BCUT2D eigenvalue weighted by molar-refractivity contribution is 4.80. The summed E-state index contributed by atoms with van der Waals surface area (Å²) in [6, 6.07) is 0.185.